The second kappa shape index (κ2) is 17.2. The number of aliphatic hydroxyl groups is 2. The number of nitrogens with zero attached hydrogens (tertiary/aromatic N) is 2. The van der Waals surface area contributed by atoms with Crippen LogP contribution in [0.2, 0.25) is 0 Å². The number of aliphatic imine (C=N–C) groups is 1. The Morgan fingerprint density at radius 3 is 1.89 bits per heavy atom. The average molecular weight is 396 g/mol. The van der Waals surface area contributed by atoms with Gasteiger partial charge in [0.25, 0.3) is 0 Å². The number of aliphatic hydroxyl groups excluding tert-OH is 2. The highest BCUT2D eigenvalue weighted by molar-refractivity contribution is 5.76. The number of unbranched alkanes of at least 4 members (excludes halogenated alkanes) is 11. The molecule has 0 unspecified atom stereocenters. The fourth-order valence-electron chi connectivity index (χ4n) is 4.30. The molecule has 0 saturated carbocycles. The summed E-state index contributed by atoms with van der Waals surface area (Å²) in [5.41, 5.74) is 0. The SMILES string of the molecule is CCCCCCCC/C=C/CCCCCCCC1=NCC[N+]1(CCO)CCO. The van der Waals surface area contributed by atoms with Gasteiger partial charge in [-0.25, -0.2) is 4.99 Å². The highest BCUT2D eigenvalue weighted by Crippen LogP contribution is 2.20. The molecule has 0 amide bonds. The Labute approximate surface area is 174 Å². The predicted molar refractivity (Wildman–Crippen MR) is 121 cm³/mol. The molecule has 0 aromatic rings. The highest BCUT2D eigenvalue weighted by atomic mass is 16.3. The summed E-state index contributed by atoms with van der Waals surface area (Å²) in [6, 6.07) is 0. The fourth-order valence-corrected chi connectivity index (χ4v) is 4.30. The molecule has 1 heterocycles. The average Bonchev–Trinajstić information content (AvgIpc) is 3.07. The van der Waals surface area contributed by atoms with Gasteiger partial charge in [-0.2, -0.15) is 0 Å². The first kappa shape index (κ1) is 25.3. The van der Waals surface area contributed by atoms with Gasteiger partial charge in [0, 0.05) is 6.42 Å². The van der Waals surface area contributed by atoms with Crippen molar-refractivity contribution in [1.82, 2.24) is 0 Å². The van der Waals surface area contributed by atoms with E-state index in [9.17, 15) is 10.2 Å². The number of rotatable bonds is 19. The van der Waals surface area contributed by atoms with E-state index in [2.05, 4.69) is 24.1 Å². The number of quaternary nitrogens is 1. The van der Waals surface area contributed by atoms with E-state index >= 15 is 0 Å². The Morgan fingerprint density at radius 2 is 1.32 bits per heavy atom. The van der Waals surface area contributed by atoms with E-state index < -0.39 is 0 Å². The molecule has 28 heavy (non-hydrogen) atoms. The van der Waals surface area contributed by atoms with E-state index in [4.69, 9.17) is 0 Å². The summed E-state index contributed by atoms with van der Waals surface area (Å²) in [5, 5.41) is 18.8. The Balaban J connectivity index is 1.98. The minimum Gasteiger partial charge on any atom is -0.390 e. The number of hydrogen-bond acceptors (Lipinski definition) is 3. The third kappa shape index (κ3) is 10.7. The van der Waals surface area contributed by atoms with Crippen LogP contribution in [0.5, 0.6) is 0 Å². The summed E-state index contributed by atoms with van der Waals surface area (Å²) >= 11 is 0. The summed E-state index contributed by atoms with van der Waals surface area (Å²) in [6.45, 7) is 5.81. The van der Waals surface area contributed by atoms with E-state index in [-0.39, 0.29) is 13.2 Å². The molecule has 1 rings (SSSR count). The molecule has 4 nitrogen and oxygen atoms in total. The minimum atomic E-state index is 0.172. The van der Waals surface area contributed by atoms with Crippen molar-refractivity contribution in [3.63, 3.8) is 0 Å². The van der Waals surface area contributed by atoms with Gasteiger partial charge in [-0.3, -0.25) is 4.48 Å². The standard InChI is InChI=1S/C24H47N2O2/c1-2-3-4-5-6-7-8-9-10-11-12-13-14-15-16-17-24-25-18-19-26(24,20-22-27)21-23-28/h9-10,27-28H,2-8,11-23H2,1H3/q+1/b10-9+. The molecule has 0 fully saturated rings. The van der Waals surface area contributed by atoms with Crippen molar-refractivity contribution in [2.45, 2.75) is 96.8 Å². The van der Waals surface area contributed by atoms with Crippen molar-refractivity contribution >= 4 is 5.84 Å². The second-order valence-corrected chi connectivity index (χ2v) is 8.40. The van der Waals surface area contributed by atoms with E-state index in [0.29, 0.717) is 13.1 Å². The van der Waals surface area contributed by atoms with E-state index in [0.717, 1.165) is 24.0 Å². The fraction of sp³-hybridized carbons (Fsp3) is 0.875. The van der Waals surface area contributed by atoms with Crippen molar-refractivity contribution in [2.75, 3.05) is 39.4 Å². The molecule has 0 aliphatic carbocycles. The third-order valence-corrected chi connectivity index (χ3v) is 6.09. The lowest BCUT2D eigenvalue weighted by Gasteiger charge is -2.33. The zero-order valence-corrected chi connectivity index (χ0v) is 18.6. The van der Waals surface area contributed by atoms with Gasteiger partial charge >= 0.3 is 0 Å². The van der Waals surface area contributed by atoms with Crippen LogP contribution in [0.25, 0.3) is 0 Å². The first-order valence-corrected chi connectivity index (χ1v) is 12.1. The quantitative estimate of drug-likeness (QED) is 0.179. The summed E-state index contributed by atoms with van der Waals surface area (Å²) in [7, 11) is 0. The van der Waals surface area contributed by atoms with Gasteiger partial charge in [-0.15, -0.1) is 0 Å². The van der Waals surface area contributed by atoms with Crippen LogP contribution in [0.4, 0.5) is 0 Å². The monoisotopic (exact) mass is 395 g/mol. The molecule has 0 radical (unpaired) electrons. The molecule has 0 bridgehead atoms. The van der Waals surface area contributed by atoms with Crippen molar-refractivity contribution < 1.29 is 14.7 Å². The Bertz CT molecular complexity index is 415. The van der Waals surface area contributed by atoms with Crippen LogP contribution in [0.1, 0.15) is 96.8 Å². The molecular weight excluding hydrogens is 348 g/mol. The molecule has 4 heteroatoms. The topological polar surface area (TPSA) is 52.8 Å². The first-order valence-electron chi connectivity index (χ1n) is 12.1. The van der Waals surface area contributed by atoms with Gasteiger partial charge < -0.3 is 10.2 Å². The van der Waals surface area contributed by atoms with Crippen LogP contribution in [0.15, 0.2) is 17.1 Å². The first-order chi connectivity index (χ1) is 13.8. The maximum Gasteiger partial charge on any atom is 0.198 e. The number of allylic oxidation sites excluding steroid dienone is 2. The third-order valence-electron chi connectivity index (χ3n) is 6.09. The molecule has 164 valence electrons. The molecule has 1 aliphatic rings. The summed E-state index contributed by atoms with van der Waals surface area (Å²) < 4.78 is 0.719. The Morgan fingerprint density at radius 1 is 0.786 bits per heavy atom. The lowest BCUT2D eigenvalue weighted by Crippen LogP contribution is -2.54. The van der Waals surface area contributed by atoms with E-state index in [1.165, 1.54) is 89.3 Å². The molecule has 0 aromatic carbocycles. The zero-order chi connectivity index (χ0) is 20.3. The number of hydrogen-bond donors (Lipinski definition) is 2. The van der Waals surface area contributed by atoms with E-state index in [1.807, 2.05) is 0 Å². The molecule has 1 aliphatic heterocycles. The van der Waals surface area contributed by atoms with Crippen molar-refractivity contribution in [3.05, 3.63) is 12.2 Å². The smallest absolute Gasteiger partial charge is 0.198 e. The largest absolute Gasteiger partial charge is 0.390 e. The molecule has 0 saturated heterocycles. The van der Waals surface area contributed by atoms with Crippen LogP contribution < -0.4 is 0 Å². The highest BCUT2D eigenvalue weighted by Gasteiger charge is 2.36. The van der Waals surface area contributed by atoms with Gasteiger partial charge in [0.2, 0.25) is 0 Å². The molecular formula is C24H47N2O2+. The summed E-state index contributed by atoms with van der Waals surface area (Å²) in [6.07, 6.45) is 23.0. The maximum absolute atomic E-state index is 9.38. The number of amidine groups is 1. The van der Waals surface area contributed by atoms with Gasteiger partial charge in [-0.1, -0.05) is 70.4 Å². The molecule has 0 atom stereocenters. The van der Waals surface area contributed by atoms with Gasteiger partial charge in [0.1, 0.15) is 19.6 Å². The van der Waals surface area contributed by atoms with Crippen LogP contribution in [-0.4, -0.2) is 59.9 Å². The van der Waals surface area contributed by atoms with Crippen LogP contribution in [0, 0.1) is 0 Å². The lowest BCUT2D eigenvalue weighted by molar-refractivity contribution is -0.837. The Kier molecular flexibility index (Phi) is 15.5. The summed E-state index contributed by atoms with van der Waals surface area (Å²) in [5.74, 6) is 1.21. The second-order valence-electron chi connectivity index (χ2n) is 8.40. The van der Waals surface area contributed by atoms with Crippen LogP contribution >= 0.6 is 0 Å². The lowest BCUT2D eigenvalue weighted by atomic mass is 10.1. The van der Waals surface area contributed by atoms with Crippen LogP contribution in [0.3, 0.4) is 0 Å². The predicted octanol–water partition coefficient (Wildman–Crippen LogP) is 5.24. The summed E-state index contributed by atoms with van der Waals surface area (Å²) in [4.78, 5) is 4.69. The Hall–Kier alpha value is -0.710. The van der Waals surface area contributed by atoms with Gasteiger partial charge in [-0.05, 0) is 32.1 Å². The minimum absolute atomic E-state index is 0.172. The van der Waals surface area contributed by atoms with E-state index in [1.54, 1.807) is 0 Å². The molecule has 2 N–H and O–H groups in total. The van der Waals surface area contributed by atoms with Crippen molar-refractivity contribution in [1.29, 1.82) is 0 Å². The van der Waals surface area contributed by atoms with Crippen LogP contribution in [-0.2, 0) is 0 Å². The van der Waals surface area contributed by atoms with Crippen molar-refractivity contribution in [3.8, 4) is 0 Å². The zero-order valence-electron chi connectivity index (χ0n) is 18.6. The van der Waals surface area contributed by atoms with Crippen molar-refractivity contribution in [2.24, 2.45) is 4.99 Å². The van der Waals surface area contributed by atoms with Gasteiger partial charge in [0.15, 0.2) is 5.84 Å². The molecule has 0 aromatic heterocycles. The van der Waals surface area contributed by atoms with Gasteiger partial charge in [0.05, 0.1) is 19.8 Å². The normalized spacial score (nSPS) is 16.2. The maximum atomic E-state index is 9.38. The molecule has 0 spiro atoms.